The van der Waals surface area contributed by atoms with E-state index in [1.807, 2.05) is 0 Å². The highest BCUT2D eigenvalue weighted by Gasteiger charge is 2.26. The summed E-state index contributed by atoms with van der Waals surface area (Å²) in [5, 5.41) is 16.0. The highest BCUT2D eigenvalue weighted by atomic mass is 79.9. The van der Waals surface area contributed by atoms with E-state index in [0.717, 1.165) is 0 Å². The summed E-state index contributed by atoms with van der Waals surface area (Å²) in [6, 6.07) is 0. The van der Waals surface area contributed by atoms with Crippen LogP contribution in [0.25, 0.3) is 0 Å². The van der Waals surface area contributed by atoms with Gasteiger partial charge < -0.3 is 14.7 Å². The monoisotopic (exact) mass is 304 g/mol. The summed E-state index contributed by atoms with van der Waals surface area (Å²) < 4.78 is 42.2. The van der Waals surface area contributed by atoms with Gasteiger partial charge in [-0.15, -0.1) is 0 Å². The van der Waals surface area contributed by atoms with Gasteiger partial charge in [-0.25, -0.2) is 8.78 Å². The van der Waals surface area contributed by atoms with E-state index in [-0.39, 0.29) is 0 Å². The molecule has 0 bridgehead atoms. The molecule has 15 heavy (non-hydrogen) atoms. The molecule has 0 heterocycles. The van der Waals surface area contributed by atoms with Gasteiger partial charge in [0.1, 0.15) is 0 Å². The van der Waals surface area contributed by atoms with E-state index in [4.69, 9.17) is 21.6 Å². The normalized spacial score (nSPS) is 10.3. The molecule has 0 unspecified atom stereocenters. The van der Waals surface area contributed by atoms with Crippen molar-refractivity contribution in [2.45, 2.75) is 0 Å². The van der Waals surface area contributed by atoms with Gasteiger partial charge in [-0.2, -0.15) is 4.39 Å². The van der Waals surface area contributed by atoms with Crippen LogP contribution in [-0.2, 0) is 0 Å². The van der Waals surface area contributed by atoms with Crippen molar-refractivity contribution in [3.8, 4) is 5.75 Å². The minimum atomic E-state index is -2.38. The Morgan fingerprint density at radius 2 is 1.67 bits per heavy atom. The molecule has 0 atom stereocenters. The van der Waals surface area contributed by atoms with E-state index in [9.17, 15) is 13.2 Å². The Balaban J connectivity index is 3.39. The highest BCUT2D eigenvalue weighted by molar-refractivity contribution is 9.10. The smallest absolute Gasteiger partial charge is 0.509 e. The second kappa shape index (κ2) is 4.61. The molecule has 2 N–H and O–H groups in total. The van der Waals surface area contributed by atoms with Crippen LogP contribution in [0.3, 0.4) is 0 Å². The molecule has 0 spiro atoms. The SMILES string of the molecule is OB(O)Oc1c(F)c(F)c(F)c(Cl)c1Br. The Kier molecular flexibility index (Phi) is 3.88. The number of hydrogen-bond donors (Lipinski definition) is 2. The Bertz CT molecular complexity index is 375. The average Bonchev–Trinajstić information content (AvgIpc) is 2.18. The third-order valence-corrected chi connectivity index (χ3v) is 2.73. The molecule has 0 saturated carbocycles. The van der Waals surface area contributed by atoms with Crippen molar-refractivity contribution >= 4 is 34.9 Å². The van der Waals surface area contributed by atoms with Gasteiger partial charge in [0.15, 0.2) is 17.4 Å². The summed E-state index contributed by atoms with van der Waals surface area (Å²) in [5.74, 6) is -6.09. The van der Waals surface area contributed by atoms with Crippen LogP contribution in [0.1, 0.15) is 0 Å². The van der Waals surface area contributed by atoms with Gasteiger partial charge in [0, 0.05) is 0 Å². The molecule has 1 aromatic carbocycles. The lowest BCUT2D eigenvalue weighted by Gasteiger charge is -2.10. The first-order valence-corrected chi connectivity index (χ1v) is 4.57. The van der Waals surface area contributed by atoms with Crippen LogP contribution in [-0.4, -0.2) is 17.4 Å². The van der Waals surface area contributed by atoms with Crippen molar-refractivity contribution in [2.75, 3.05) is 0 Å². The lowest BCUT2D eigenvalue weighted by Crippen LogP contribution is -2.22. The molecule has 0 amide bonds. The Morgan fingerprint density at radius 1 is 1.13 bits per heavy atom. The second-order valence-corrected chi connectivity index (χ2v) is 3.51. The van der Waals surface area contributed by atoms with Crippen LogP contribution in [0.4, 0.5) is 13.2 Å². The largest absolute Gasteiger partial charge is 0.707 e. The van der Waals surface area contributed by atoms with Gasteiger partial charge in [0.2, 0.25) is 5.82 Å². The van der Waals surface area contributed by atoms with E-state index in [2.05, 4.69) is 20.6 Å². The molecule has 0 saturated heterocycles. The fourth-order valence-electron chi connectivity index (χ4n) is 0.794. The molecule has 1 aromatic rings. The Morgan fingerprint density at radius 3 is 2.13 bits per heavy atom. The standard InChI is InChI=1S/C6H2BBrClF3O3/c8-1-2(9)3(10)4(11)5(12)6(1)15-7(13)14/h13-14H. The predicted octanol–water partition coefficient (Wildman–Crippen LogP) is 1.87. The van der Waals surface area contributed by atoms with Gasteiger partial charge in [-0.1, -0.05) is 11.6 Å². The number of halogens is 5. The fraction of sp³-hybridized carbons (Fsp3) is 0. The summed E-state index contributed by atoms with van der Waals surface area (Å²) in [6.45, 7) is 0. The van der Waals surface area contributed by atoms with E-state index in [1.54, 1.807) is 0 Å². The number of rotatable bonds is 2. The lowest BCUT2D eigenvalue weighted by molar-refractivity contribution is 0.277. The molecule has 9 heteroatoms. The summed E-state index contributed by atoms with van der Waals surface area (Å²) in [5.41, 5.74) is 0. The fourth-order valence-corrected chi connectivity index (χ4v) is 1.40. The van der Waals surface area contributed by atoms with E-state index < -0.39 is 40.0 Å². The van der Waals surface area contributed by atoms with Crippen molar-refractivity contribution in [3.05, 3.63) is 26.9 Å². The topological polar surface area (TPSA) is 49.7 Å². The molecule has 0 aliphatic rings. The van der Waals surface area contributed by atoms with Crippen molar-refractivity contribution in [2.24, 2.45) is 0 Å². The predicted molar refractivity (Wildman–Crippen MR) is 49.8 cm³/mol. The van der Waals surface area contributed by atoms with E-state index in [0.29, 0.717) is 0 Å². The van der Waals surface area contributed by atoms with Crippen LogP contribution in [0.5, 0.6) is 5.75 Å². The van der Waals surface area contributed by atoms with Crippen LogP contribution in [0, 0.1) is 17.5 Å². The lowest BCUT2D eigenvalue weighted by atomic mass is 10.2. The van der Waals surface area contributed by atoms with Crippen molar-refractivity contribution in [3.63, 3.8) is 0 Å². The Hall–Kier alpha value is -0.435. The maximum atomic E-state index is 13.0. The van der Waals surface area contributed by atoms with Crippen LogP contribution in [0.15, 0.2) is 4.47 Å². The maximum Gasteiger partial charge on any atom is 0.707 e. The summed E-state index contributed by atoms with van der Waals surface area (Å²) >= 11 is 7.89. The summed E-state index contributed by atoms with van der Waals surface area (Å²) in [7, 11) is -2.38. The quantitative estimate of drug-likeness (QED) is 0.498. The molecule has 3 nitrogen and oxygen atoms in total. The first-order valence-electron chi connectivity index (χ1n) is 3.40. The van der Waals surface area contributed by atoms with Gasteiger partial charge in [-0.3, -0.25) is 0 Å². The molecule has 0 radical (unpaired) electrons. The van der Waals surface area contributed by atoms with Crippen LogP contribution in [0.2, 0.25) is 5.02 Å². The third-order valence-electron chi connectivity index (χ3n) is 1.39. The van der Waals surface area contributed by atoms with Crippen LogP contribution >= 0.6 is 27.5 Å². The molecule has 0 aromatic heterocycles. The average molecular weight is 305 g/mol. The van der Waals surface area contributed by atoms with Gasteiger partial charge in [0.25, 0.3) is 0 Å². The van der Waals surface area contributed by atoms with Crippen LogP contribution < -0.4 is 4.65 Å². The molecular weight excluding hydrogens is 303 g/mol. The first-order chi connectivity index (χ1) is 6.86. The number of hydrogen-bond acceptors (Lipinski definition) is 3. The summed E-state index contributed by atoms with van der Waals surface area (Å²) in [6.07, 6.45) is 0. The minimum Gasteiger partial charge on any atom is -0.509 e. The van der Waals surface area contributed by atoms with Crippen molar-refractivity contribution in [1.29, 1.82) is 0 Å². The van der Waals surface area contributed by atoms with Crippen molar-refractivity contribution < 1.29 is 27.9 Å². The van der Waals surface area contributed by atoms with Gasteiger partial charge >= 0.3 is 7.32 Å². The van der Waals surface area contributed by atoms with Gasteiger partial charge in [-0.05, 0) is 15.9 Å². The molecular formula is C6H2BBrClF3O3. The van der Waals surface area contributed by atoms with Gasteiger partial charge in [0.05, 0.1) is 9.50 Å². The van der Waals surface area contributed by atoms with Crippen molar-refractivity contribution in [1.82, 2.24) is 0 Å². The molecule has 0 fully saturated rings. The summed E-state index contributed by atoms with van der Waals surface area (Å²) in [4.78, 5) is 0. The maximum absolute atomic E-state index is 13.0. The third kappa shape index (κ3) is 2.39. The molecule has 82 valence electrons. The minimum absolute atomic E-state index is 0.450. The second-order valence-electron chi connectivity index (χ2n) is 2.34. The molecule has 0 aliphatic carbocycles. The zero-order chi connectivity index (χ0) is 11.7. The zero-order valence-electron chi connectivity index (χ0n) is 6.77. The zero-order valence-corrected chi connectivity index (χ0v) is 9.11. The highest BCUT2D eigenvalue weighted by Crippen LogP contribution is 2.38. The molecule has 1 rings (SSSR count). The number of benzene rings is 1. The van der Waals surface area contributed by atoms with E-state index >= 15 is 0 Å². The first kappa shape index (κ1) is 12.6. The van der Waals surface area contributed by atoms with E-state index in [1.165, 1.54) is 0 Å². The Labute approximate surface area is 95.7 Å². The molecule has 0 aliphatic heterocycles.